The number of amides is 2. The largest absolute Gasteiger partial charge is 0.486 e. The maximum atomic E-state index is 13.7. The second-order valence-electron chi connectivity index (χ2n) is 8.99. The van der Waals surface area contributed by atoms with Gasteiger partial charge in [-0.25, -0.2) is 8.42 Å². The molecule has 1 atom stereocenters. The first-order valence-corrected chi connectivity index (χ1v) is 14.6. The van der Waals surface area contributed by atoms with Crippen LogP contribution in [0.15, 0.2) is 48.5 Å². The number of carbonyl (C=O) groups is 2. The van der Waals surface area contributed by atoms with Gasteiger partial charge in [-0.05, 0) is 37.0 Å². The summed E-state index contributed by atoms with van der Waals surface area (Å²) in [5.41, 5.74) is 1.32. The van der Waals surface area contributed by atoms with Crippen LogP contribution >= 0.6 is 0 Å². The lowest BCUT2D eigenvalue weighted by Gasteiger charge is -2.33. The molecule has 1 N–H and O–H groups in total. The van der Waals surface area contributed by atoms with E-state index in [1.165, 1.54) is 4.90 Å². The fraction of sp³-hybridized carbons (Fsp3) is 0.481. The van der Waals surface area contributed by atoms with Crippen molar-refractivity contribution in [2.75, 3.05) is 43.4 Å². The molecule has 0 fully saturated rings. The van der Waals surface area contributed by atoms with E-state index in [1.54, 1.807) is 18.2 Å². The number of unbranched alkanes of at least 4 members (excludes halogenated alkanes) is 1. The van der Waals surface area contributed by atoms with Gasteiger partial charge in [0.1, 0.15) is 25.8 Å². The summed E-state index contributed by atoms with van der Waals surface area (Å²) in [6, 6.07) is 13.8. The minimum atomic E-state index is -3.82. The molecule has 0 radical (unpaired) electrons. The van der Waals surface area contributed by atoms with Crippen LogP contribution in [-0.4, -0.2) is 70.3 Å². The molecule has 0 saturated carbocycles. The minimum absolute atomic E-state index is 0.234. The van der Waals surface area contributed by atoms with Crippen LogP contribution in [0.3, 0.4) is 0 Å². The Kier molecular flexibility index (Phi) is 10.2. The van der Waals surface area contributed by atoms with Crippen molar-refractivity contribution < 1.29 is 27.5 Å². The first kappa shape index (κ1) is 28.3. The molecular weight excluding hydrogens is 494 g/mol. The normalized spacial score (nSPS) is 13.5. The molecule has 2 aromatic carbocycles. The zero-order valence-corrected chi connectivity index (χ0v) is 22.6. The zero-order valence-electron chi connectivity index (χ0n) is 21.8. The number of sulfonamides is 1. The van der Waals surface area contributed by atoms with E-state index < -0.39 is 28.5 Å². The summed E-state index contributed by atoms with van der Waals surface area (Å²) in [6.07, 6.45) is 3.77. The van der Waals surface area contributed by atoms with Crippen LogP contribution in [0.1, 0.15) is 38.7 Å². The Morgan fingerprint density at radius 1 is 1.03 bits per heavy atom. The Morgan fingerprint density at radius 2 is 1.73 bits per heavy atom. The van der Waals surface area contributed by atoms with Crippen molar-refractivity contribution in [3.63, 3.8) is 0 Å². The summed E-state index contributed by atoms with van der Waals surface area (Å²) in [7, 11) is -3.82. The van der Waals surface area contributed by atoms with Gasteiger partial charge in [0.25, 0.3) is 0 Å². The van der Waals surface area contributed by atoms with Gasteiger partial charge in [-0.1, -0.05) is 50.6 Å². The summed E-state index contributed by atoms with van der Waals surface area (Å²) in [6.45, 7) is 5.02. The van der Waals surface area contributed by atoms with Crippen LogP contribution in [0.25, 0.3) is 0 Å². The maximum Gasteiger partial charge on any atom is 0.244 e. The van der Waals surface area contributed by atoms with Gasteiger partial charge in [0.05, 0.1) is 11.9 Å². The molecule has 1 aliphatic heterocycles. The third kappa shape index (κ3) is 7.85. The molecule has 0 aliphatic carbocycles. The number of rotatable bonds is 13. The SMILES string of the molecule is CCCCNC(=O)[C@H](CC)N(CCc1ccccc1)C(=O)CN(c1ccc2c(c1)OCCO2)S(C)(=O)=O. The van der Waals surface area contributed by atoms with Gasteiger partial charge >= 0.3 is 0 Å². The van der Waals surface area contributed by atoms with Gasteiger partial charge in [0.15, 0.2) is 11.5 Å². The molecule has 2 aromatic rings. The number of benzene rings is 2. The Labute approximate surface area is 219 Å². The lowest BCUT2D eigenvalue weighted by molar-refractivity contribution is -0.139. The van der Waals surface area contributed by atoms with Crippen LogP contribution in [0.2, 0.25) is 0 Å². The third-order valence-electron chi connectivity index (χ3n) is 6.19. The molecule has 0 spiro atoms. The van der Waals surface area contributed by atoms with Crippen LogP contribution in [-0.2, 0) is 26.0 Å². The second kappa shape index (κ2) is 13.3. The molecular formula is C27H37N3O6S. The van der Waals surface area contributed by atoms with E-state index >= 15 is 0 Å². The monoisotopic (exact) mass is 531 g/mol. The van der Waals surface area contributed by atoms with E-state index in [2.05, 4.69) is 5.32 Å². The summed E-state index contributed by atoms with van der Waals surface area (Å²) in [4.78, 5) is 28.3. The highest BCUT2D eigenvalue weighted by Gasteiger charge is 2.31. The lowest BCUT2D eigenvalue weighted by atomic mass is 10.1. The predicted octanol–water partition coefficient (Wildman–Crippen LogP) is 2.99. The molecule has 2 amide bonds. The quantitative estimate of drug-likeness (QED) is 0.399. The van der Waals surface area contributed by atoms with E-state index in [-0.39, 0.29) is 12.5 Å². The van der Waals surface area contributed by atoms with Gasteiger partial charge < -0.3 is 19.7 Å². The molecule has 0 aromatic heterocycles. The summed E-state index contributed by atoms with van der Waals surface area (Å²) >= 11 is 0. The average Bonchev–Trinajstić information content (AvgIpc) is 2.89. The molecule has 3 rings (SSSR count). The van der Waals surface area contributed by atoms with E-state index in [9.17, 15) is 18.0 Å². The molecule has 1 aliphatic rings. The van der Waals surface area contributed by atoms with E-state index in [1.807, 2.05) is 44.2 Å². The Bertz CT molecular complexity index is 1160. The molecule has 0 bridgehead atoms. The van der Waals surface area contributed by atoms with Crippen molar-refractivity contribution >= 4 is 27.5 Å². The highest BCUT2D eigenvalue weighted by atomic mass is 32.2. The number of anilines is 1. The van der Waals surface area contributed by atoms with Crippen molar-refractivity contribution in [2.24, 2.45) is 0 Å². The topological polar surface area (TPSA) is 105 Å². The molecule has 0 unspecified atom stereocenters. The molecule has 37 heavy (non-hydrogen) atoms. The summed E-state index contributed by atoms with van der Waals surface area (Å²) < 4.78 is 37.8. The van der Waals surface area contributed by atoms with Gasteiger partial charge in [-0.2, -0.15) is 0 Å². The maximum absolute atomic E-state index is 13.7. The Balaban J connectivity index is 1.87. The molecule has 202 valence electrons. The van der Waals surface area contributed by atoms with E-state index in [0.717, 1.165) is 29.0 Å². The van der Waals surface area contributed by atoms with E-state index in [4.69, 9.17) is 9.47 Å². The summed E-state index contributed by atoms with van der Waals surface area (Å²) in [5.74, 6) is 0.262. The minimum Gasteiger partial charge on any atom is -0.486 e. The van der Waals surface area contributed by atoms with Crippen molar-refractivity contribution in [2.45, 2.75) is 45.6 Å². The van der Waals surface area contributed by atoms with Crippen LogP contribution in [0, 0.1) is 0 Å². The van der Waals surface area contributed by atoms with Crippen LogP contribution in [0.4, 0.5) is 5.69 Å². The molecule has 1 heterocycles. The number of hydrogen-bond acceptors (Lipinski definition) is 6. The van der Waals surface area contributed by atoms with Crippen molar-refractivity contribution in [3.05, 3.63) is 54.1 Å². The van der Waals surface area contributed by atoms with Gasteiger partial charge in [-0.3, -0.25) is 13.9 Å². The zero-order chi connectivity index (χ0) is 26.8. The highest BCUT2D eigenvalue weighted by Crippen LogP contribution is 2.34. The number of carbonyl (C=O) groups excluding carboxylic acids is 2. The van der Waals surface area contributed by atoms with E-state index in [0.29, 0.717) is 49.8 Å². The molecule has 9 nitrogen and oxygen atoms in total. The van der Waals surface area contributed by atoms with Gasteiger partial charge in [0.2, 0.25) is 21.8 Å². The number of ether oxygens (including phenoxy) is 2. The highest BCUT2D eigenvalue weighted by molar-refractivity contribution is 7.92. The smallest absolute Gasteiger partial charge is 0.244 e. The predicted molar refractivity (Wildman–Crippen MR) is 143 cm³/mol. The number of nitrogens with zero attached hydrogens (tertiary/aromatic N) is 2. The first-order valence-electron chi connectivity index (χ1n) is 12.7. The van der Waals surface area contributed by atoms with Crippen molar-refractivity contribution in [3.8, 4) is 11.5 Å². The van der Waals surface area contributed by atoms with Crippen molar-refractivity contribution in [1.29, 1.82) is 0 Å². The second-order valence-corrected chi connectivity index (χ2v) is 10.9. The fourth-order valence-electron chi connectivity index (χ4n) is 4.20. The number of fused-ring (bicyclic) bond motifs is 1. The standard InChI is InChI=1S/C27H37N3O6S/c1-4-6-15-28-27(32)23(5-2)29(16-14-21-10-8-7-9-11-21)26(31)20-30(37(3,33)34)22-12-13-24-25(19-22)36-18-17-35-24/h7-13,19,23H,4-6,14-18,20H2,1-3H3,(H,28,32)/t23-/m0/s1. The average molecular weight is 532 g/mol. The lowest BCUT2D eigenvalue weighted by Crippen LogP contribution is -2.53. The summed E-state index contributed by atoms with van der Waals surface area (Å²) in [5, 5.41) is 2.92. The molecule has 0 saturated heterocycles. The number of hydrogen-bond donors (Lipinski definition) is 1. The Hall–Kier alpha value is -3.27. The fourth-order valence-corrected chi connectivity index (χ4v) is 5.04. The van der Waals surface area contributed by atoms with Gasteiger partial charge in [0, 0.05) is 19.2 Å². The van der Waals surface area contributed by atoms with Crippen LogP contribution in [0.5, 0.6) is 11.5 Å². The van der Waals surface area contributed by atoms with Gasteiger partial charge in [-0.15, -0.1) is 0 Å². The number of nitrogens with one attached hydrogen (secondary N) is 1. The van der Waals surface area contributed by atoms with Crippen LogP contribution < -0.4 is 19.1 Å². The Morgan fingerprint density at radius 3 is 2.38 bits per heavy atom. The first-order chi connectivity index (χ1) is 17.7. The molecule has 10 heteroatoms. The third-order valence-corrected chi connectivity index (χ3v) is 7.33. The van der Waals surface area contributed by atoms with Crippen molar-refractivity contribution in [1.82, 2.24) is 10.2 Å².